The summed E-state index contributed by atoms with van der Waals surface area (Å²) in [5.74, 6) is -3.63. The number of phenolic OH excluding ortho intramolecular Hbond substituents is 4. The van der Waals surface area contributed by atoms with Crippen LogP contribution in [-0.4, -0.2) is 73.6 Å². The Morgan fingerprint density at radius 1 is 0.684 bits per heavy atom. The maximum absolute atomic E-state index is 12.6. The van der Waals surface area contributed by atoms with E-state index < -0.39 is 24.1 Å². The van der Waals surface area contributed by atoms with Crippen molar-refractivity contribution in [2.24, 2.45) is 0 Å². The van der Waals surface area contributed by atoms with Crippen molar-refractivity contribution in [1.82, 2.24) is 41.2 Å². The van der Waals surface area contributed by atoms with E-state index in [9.17, 15) is 30.0 Å². The predicted molar refractivity (Wildman–Crippen MR) is 124 cm³/mol. The summed E-state index contributed by atoms with van der Waals surface area (Å²) in [6.45, 7) is 0. The van der Waals surface area contributed by atoms with Gasteiger partial charge in [-0.1, -0.05) is 22.6 Å². The maximum atomic E-state index is 12.6. The molecule has 6 N–H and O–H groups in total. The Morgan fingerprint density at radius 2 is 1.11 bits per heavy atom. The van der Waals surface area contributed by atoms with Crippen molar-refractivity contribution in [2.75, 3.05) is 0 Å². The van der Waals surface area contributed by atoms with E-state index in [0.717, 1.165) is 12.2 Å². The van der Waals surface area contributed by atoms with Gasteiger partial charge in [-0.2, -0.15) is 10.4 Å². The van der Waals surface area contributed by atoms with Crippen LogP contribution < -0.4 is 0 Å². The summed E-state index contributed by atoms with van der Waals surface area (Å²) in [5, 5.41) is 64.6. The van der Waals surface area contributed by atoms with E-state index >= 15 is 0 Å². The minimum absolute atomic E-state index is 0.177. The van der Waals surface area contributed by atoms with Crippen LogP contribution in [0.25, 0.3) is 12.2 Å². The molecule has 0 aliphatic heterocycles. The summed E-state index contributed by atoms with van der Waals surface area (Å²) in [6, 6.07) is 7.81. The Kier molecular flexibility index (Phi) is 7.52. The van der Waals surface area contributed by atoms with E-state index in [1.807, 2.05) is 0 Å². The zero-order valence-corrected chi connectivity index (χ0v) is 19.0. The van der Waals surface area contributed by atoms with E-state index in [2.05, 4.69) is 41.2 Å². The minimum Gasteiger partial charge on any atom is -0.504 e. The van der Waals surface area contributed by atoms with Crippen LogP contribution in [0.3, 0.4) is 0 Å². The van der Waals surface area contributed by atoms with Gasteiger partial charge in [0.25, 0.3) is 0 Å². The van der Waals surface area contributed by atoms with Crippen LogP contribution in [0.2, 0.25) is 0 Å². The number of hydrogen-bond donors (Lipinski definition) is 6. The number of aromatic hydroxyl groups is 4. The summed E-state index contributed by atoms with van der Waals surface area (Å²) in [7, 11) is 0. The first-order chi connectivity index (χ1) is 18.3. The molecule has 2 aromatic carbocycles. The second-order valence-corrected chi connectivity index (χ2v) is 7.42. The molecule has 2 atom stereocenters. The van der Waals surface area contributed by atoms with Crippen LogP contribution in [0.15, 0.2) is 48.6 Å². The van der Waals surface area contributed by atoms with Crippen molar-refractivity contribution in [1.29, 1.82) is 0 Å². The first kappa shape index (κ1) is 25.3. The third-order valence-corrected chi connectivity index (χ3v) is 4.82. The summed E-state index contributed by atoms with van der Waals surface area (Å²) in [6.07, 6.45) is 1.69. The fourth-order valence-corrected chi connectivity index (χ4v) is 3.03. The fourth-order valence-electron chi connectivity index (χ4n) is 3.03. The average molecular weight is 522 g/mol. The van der Waals surface area contributed by atoms with Gasteiger partial charge in [0.2, 0.25) is 23.9 Å². The highest BCUT2D eigenvalue weighted by atomic mass is 16.6. The monoisotopic (exact) mass is 522 g/mol. The smallest absolute Gasteiger partial charge is 0.331 e. The highest BCUT2D eigenvalue weighted by Crippen LogP contribution is 2.32. The van der Waals surface area contributed by atoms with Crippen molar-refractivity contribution in [3.05, 3.63) is 71.3 Å². The van der Waals surface area contributed by atoms with Crippen LogP contribution in [0.4, 0.5) is 0 Å². The van der Waals surface area contributed by atoms with Gasteiger partial charge in [-0.25, -0.2) is 9.59 Å². The number of tetrazole rings is 2. The van der Waals surface area contributed by atoms with Crippen LogP contribution in [0, 0.1) is 0 Å². The predicted octanol–water partition coefficient (Wildman–Crippen LogP) is 0.831. The molecule has 0 aliphatic rings. The molecule has 2 heterocycles. The molecule has 4 rings (SSSR count). The minimum atomic E-state index is -1.48. The number of esters is 2. The molecule has 4 aromatic rings. The molecule has 0 fully saturated rings. The zero-order valence-electron chi connectivity index (χ0n) is 19.0. The Bertz CT molecular complexity index is 1360. The Balaban J connectivity index is 1.55. The molecule has 194 valence electrons. The number of carbonyl (C=O) groups excluding carboxylic acids is 2. The normalized spacial score (nSPS) is 12.9. The standard InChI is InChI=1S/C22H18N8O8/c31-13-5-1-11(9-15(13)33)3-7-17(35)37-19(21-23-27-28-24-21)20(22-25-29-30-26-22)38-18(36)8-4-12-2-6-14(32)16(34)10-12/h1-10,19-20,31-34H,(H,23,24,27,28)(H,25,26,29,30)/b7-3+,8-4+/t19-,20-/m1/s1. The van der Waals surface area contributed by atoms with Crippen LogP contribution in [-0.2, 0) is 19.1 Å². The van der Waals surface area contributed by atoms with E-state index in [1.165, 1.54) is 48.6 Å². The highest BCUT2D eigenvalue weighted by Gasteiger charge is 2.37. The SMILES string of the molecule is O=C(/C=C/c1ccc(O)c(O)c1)O[C@@H](c1nn[nH]n1)[C@@H](OC(=O)/C=C/c1ccc(O)c(O)c1)c1nn[nH]n1. The van der Waals surface area contributed by atoms with Crippen molar-refractivity contribution in [3.63, 3.8) is 0 Å². The van der Waals surface area contributed by atoms with Gasteiger partial charge in [0.1, 0.15) is 0 Å². The van der Waals surface area contributed by atoms with Gasteiger partial charge in [0.15, 0.2) is 23.0 Å². The van der Waals surface area contributed by atoms with Crippen molar-refractivity contribution in [3.8, 4) is 23.0 Å². The molecule has 0 unspecified atom stereocenters. The number of phenols is 4. The van der Waals surface area contributed by atoms with Gasteiger partial charge in [-0.05, 0) is 47.5 Å². The maximum Gasteiger partial charge on any atom is 0.331 e. The first-order valence-corrected chi connectivity index (χ1v) is 10.6. The number of ether oxygens (including phenoxy) is 2. The lowest BCUT2D eigenvalue weighted by Crippen LogP contribution is -2.24. The van der Waals surface area contributed by atoms with Gasteiger partial charge >= 0.3 is 11.9 Å². The summed E-state index contributed by atoms with van der Waals surface area (Å²) >= 11 is 0. The van der Waals surface area contributed by atoms with Crippen molar-refractivity contribution >= 4 is 24.1 Å². The Morgan fingerprint density at radius 3 is 1.45 bits per heavy atom. The lowest BCUT2D eigenvalue weighted by Gasteiger charge is -2.21. The number of carbonyl (C=O) groups is 2. The lowest BCUT2D eigenvalue weighted by molar-refractivity contribution is -0.164. The number of rotatable bonds is 9. The molecule has 2 aromatic heterocycles. The quantitative estimate of drug-likeness (QED) is 0.101. The van der Waals surface area contributed by atoms with E-state index in [1.54, 1.807) is 0 Å². The van der Waals surface area contributed by atoms with E-state index in [0.29, 0.717) is 11.1 Å². The summed E-state index contributed by atoms with van der Waals surface area (Å²) < 4.78 is 10.9. The number of nitrogens with zero attached hydrogens (tertiary/aromatic N) is 6. The van der Waals surface area contributed by atoms with Crippen LogP contribution in [0.5, 0.6) is 23.0 Å². The Labute approximate surface area is 211 Å². The third kappa shape index (κ3) is 6.25. The van der Waals surface area contributed by atoms with Crippen molar-refractivity contribution < 1.29 is 39.5 Å². The molecule has 0 bridgehead atoms. The molecule has 0 radical (unpaired) electrons. The topological polar surface area (TPSA) is 242 Å². The molecule has 0 amide bonds. The molecule has 16 nitrogen and oxygen atoms in total. The zero-order chi connectivity index (χ0) is 27.1. The number of nitrogens with one attached hydrogen (secondary N) is 2. The second kappa shape index (κ2) is 11.3. The number of aromatic nitrogens is 8. The van der Waals surface area contributed by atoms with Crippen LogP contribution in [0.1, 0.15) is 35.0 Å². The molecular formula is C22H18N8O8. The molecule has 38 heavy (non-hydrogen) atoms. The second-order valence-electron chi connectivity index (χ2n) is 7.42. The van der Waals surface area contributed by atoms with Crippen LogP contribution >= 0.6 is 0 Å². The molecule has 0 spiro atoms. The number of hydrogen-bond acceptors (Lipinski definition) is 14. The molecular weight excluding hydrogens is 504 g/mol. The Hall–Kier alpha value is -5.80. The molecule has 0 saturated heterocycles. The summed E-state index contributed by atoms with van der Waals surface area (Å²) in [5.41, 5.74) is 0.750. The van der Waals surface area contributed by atoms with Gasteiger partial charge in [0.05, 0.1) is 0 Å². The summed E-state index contributed by atoms with van der Waals surface area (Å²) in [4.78, 5) is 25.3. The number of benzene rings is 2. The third-order valence-electron chi connectivity index (χ3n) is 4.82. The first-order valence-electron chi connectivity index (χ1n) is 10.6. The molecule has 0 saturated carbocycles. The fraction of sp³-hybridized carbons (Fsp3) is 0.0909. The molecule has 0 aliphatic carbocycles. The van der Waals surface area contributed by atoms with E-state index in [-0.39, 0.29) is 34.6 Å². The lowest BCUT2D eigenvalue weighted by atomic mass is 10.1. The van der Waals surface area contributed by atoms with E-state index in [4.69, 9.17) is 9.47 Å². The van der Waals surface area contributed by atoms with Crippen molar-refractivity contribution in [2.45, 2.75) is 12.2 Å². The van der Waals surface area contributed by atoms with Gasteiger partial charge in [-0.15, -0.1) is 20.4 Å². The molecule has 16 heteroatoms. The largest absolute Gasteiger partial charge is 0.504 e. The average Bonchev–Trinajstić information content (AvgIpc) is 3.62. The van der Waals surface area contributed by atoms with Gasteiger partial charge in [-0.3, -0.25) is 0 Å². The highest BCUT2D eigenvalue weighted by molar-refractivity contribution is 5.88. The van der Waals surface area contributed by atoms with Gasteiger partial charge < -0.3 is 29.9 Å². The number of H-pyrrole nitrogens is 2. The number of aromatic amines is 2. The van der Waals surface area contributed by atoms with Gasteiger partial charge in [0, 0.05) is 12.2 Å².